The van der Waals surface area contributed by atoms with Crippen LogP contribution in [-0.4, -0.2) is 53.2 Å². The Morgan fingerprint density at radius 2 is 2.07 bits per heavy atom. The van der Waals surface area contributed by atoms with Gasteiger partial charge >= 0.3 is 0 Å². The van der Waals surface area contributed by atoms with Crippen LogP contribution in [0.2, 0.25) is 25.7 Å². The van der Waals surface area contributed by atoms with Crippen LogP contribution in [0.25, 0.3) is 5.57 Å². The van der Waals surface area contributed by atoms with Gasteiger partial charge in [0.2, 0.25) is 5.91 Å². The Morgan fingerprint density at radius 1 is 1.31 bits per heavy atom. The van der Waals surface area contributed by atoms with Crippen LogP contribution in [0.4, 0.5) is 5.69 Å². The average molecular weight is 415 g/mol. The van der Waals surface area contributed by atoms with Gasteiger partial charge in [0.25, 0.3) is 0 Å². The molecular weight excluding hydrogens is 380 g/mol. The van der Waals surface area contributed by atoms with E-state index in [4.69, 9.17) is 10.5 Å². The highest BCUT2D eigenvalue weighted by Crippen LogP contribution is 2.39. The van der Waals surface area contributed by atoms with Crippen molar-refractivity contribution < 1.29 is 9.53 Å². The molecule has 158 valence electrons. The summed E-state index contributed by atoms with van der Waals surface area (Å²) in [5.41, 5.74) is 8.38. The predicted octanol–water partition coefficient (Wildman–Crippen LogP) is 3.09. The molecule has 29 heavy (non-hydrogen) atoms. The molecular formula is C22H34N4O2Si. The smallest absolute Gasteiger partial charge is 0.234 e. The number of hydrogen-bond donors (Lipinski definition) is 2. The maximum Gasteiger partial charge on any atom is 0.234 e. The molecule has 0 saturated carbocycles. The van der Waals surface area contributed by atoms with Gasteiger partial charge in [0.1, 0.15) is 6.73 Å². The Morgan fingerprint density at radius 3 is 2.69 bits per heavy atom. The molecule has 2 aliphatic heterocycles. The zero-order valence-electron chi connectivity index (χ0n) is 17.9. The Bertz CT molecular complexity index is 762. The van der Waals surface area contributed by atoms with E-state index in [2.05, 4.69) is 30.0 Å². The molecule has 1 unspecified atom stereocenters. The molecule has 3 N–H and O–H groups in total. The van der Waals surface area contributed by atoms with Crippen LogP contribution in [0.5, 0.6) is 0 Å². The number of amides is 1. The molecule has 1 amide bonds. The normalized spacial score (nSPS) is 23.1. The van der Waals surface area contributed by atoms with Gasteiger partial charge in [-0.3, -0.25) is 9.79 Å². The lowest BCUT2D eigenvalue weighted by Gasteiger charge is -2.22. The van der Waals surface area contributed by atoms with Gasteiger partial charge in [0, 0.05) is 51.4 Å². The molecule has 1 atom stereocenters. The van der Waals surface area contributed by atoms with E-state index in [9.17, 15) is 4.79 Å². The molecule has 0 radical (unpaired) electrons. The highest BCUT2D eigenvalue weighted by atomic mass is 28.3. The summed E-state index contributed by atoms with van der Waals surface area (Å²) >= 11 is 0. The van der Waals surface area contributed by atoms with Crippen molar-refractivity contribution in [1.82, 2.24) is 5.32 Å². The number of rotatable bonds is 8. The largest absolute Gasteiger partial charge is 0.404 e. The van der Waals surface area contributed by atoms with E-state index in [0.717, 1.165) is 62.0 Å². The first-order chi connectivity index (χ1) is 13.8. The van der Waals surface area contributed by atoms with Crippen molar-refractivity contribution in [2.75, 3.05) is 37.9 Å². The molecule has 2 saturated heterocycles. The van der Waals surface area contributed by atoms with Crippen LogP contribution in [0, 0.1) is 5.41 Å². The van der Waals surface area contributed by atoms with E-state index in [1.807, 2.05) is 29.2 Å². The third kappa shape index (κ3) is 5.35. The monoisotopic (exact) mass is 414 g/mol. The van der Waals surface area contributed by atoms with Gasteiger partial charge < -0.3 is 20.7 Å². The summed E-state index contributed by atoms with van der Waals surface area (Å²) in [4.78, 5) is 19.2. The van der Waals surface area contributed by atoms with Crippen molar-refractivity contribution in [3.8, 4) is 0 Å². The van der Waals surface area contributed by atoms with Gasteiger partial charge in [-0.25, -0.2) is 0 Å². The summed E-state index contributed by atoms with van der Waals surface area (Å²) in [6.07, 6.45) is 5.18. The second-order valence-electron chi connectivity index (χ2n) is 9.24. The lowest BCUT2D eigenvalue weighted by Crippen LogP contribution is -2.36. The molecule has 7 heteroatoms. The molecule has 2 fully saturated rings. The van der Waals surface area contributed by atoms with Crippen LogP contribution in [0.15, 0.2) is 35.5 Å². The van der Waals surface area contributed by atoms with Gasteiger partial charge in [-0.2, -0.15) is 0 Å². The summed E-state index contributed by atoms with van der Waals surface area (Å²) < 4.78 is 5.60. The predicted molar refractivity (Wildman–Crippen MR) is 123 cm³/mol. The third-order valence-electron chi connectivity index (χ3n) is 5.84. The number of nitrogens with zero attached hydrogens (tertiary/aromatic N) is 2. The first-order valence-corrected chi connectivity index (χ1v) is 14.2. The number of carbonyl (C=O) groups excluding carboxylic acids is 1. The molecule has 0 aromatic heterocycles. The molecule has 6 nitrogen and oxygen atoms in total. The van der Waals surface area contributed by atoms with E-state index < -0.39 is 8.07 Å². The number of allylic oxidation sites excluding steroid dienone is 1. The van der Waals surface area contributed by atoms with Crippen molar-refractivity contribution in [3.05, 3.63) is 36.0 Å². The van der Waals surface area contributed by atoms with Gasteiger partial charge in [-0.15, -0.1) is 0 Å². The lowest BCUT2D eigenvalue weighted by atomic mass is 9.86. The Hall–Kier alpha value is -1.96. The quantitative estimate of drug-likeness (QED) is 0.389. The van der Waals surface area contributed by atoms with Gasteiger partial charge in [0.05, 0.1) is 5.41 Å². The molecule has 0 aliphatic carbocycles. The Balaban J connectivity index is 1.56. The second kappa shape index (κ2) is 9.24. The number of hydrogen-bond acceptors (Lipinski definition) is 5. The minimum Gasteiger partial charge on any atom is -0.404 e. The van der Waals surface area contributed by atoms with E-state index in [-0.39, 0.29) is 11.3 Å². The molecule has 1 aromatic rings. The Labute approximate surface area is 175 Å². The van der Waals surface area contributed by atoms with E-state index in [1.165, 1.54) is 0 Å². The number of anilines is 1. The SMILES string of the molecule is C[Si](C)(C)CCOCN=CC(=CN)c1ccc(N2CCC3(CCNC3)C2=O)cc1. The standard InChI is InChI=1S/C22H34N4O2Si/c1-29(2,3)13-12-28-17-25-15-19(14-23)18-4-6-20(7-5-18)26-11-9-22(21(26)27)8-10-24-16-22/h4-7,14-15,24H,8-13,16-17,23H2,1-3H3. The first-order valence-electron chi connectivity index (χ1n) is 10.5. The summed E-state index contributed by atoms with van der Waals surface area (Å²) in [6.45, 7) is 10.6. The number of nitrogens with two attached hydrogens (primary N) is 1. The van der Waals surface area contributed by atoms with Crippen molar-refractivity contribution in [2.45, 2.75) is 38.5 Å². The fourth-order valence-corrected chi connectivity index (χ4v) is 4.64. The molecule has 2 aliphatic rings. The van der Waals surface area contributed by atoms with Crippen LogP contribution in [-0.2, 0) is 9.53 Å². The zero-order valence-corrected chi connectivity index (χ0v) is 18.9. The molecule has 0 bridgehead atoms. The Kier molecular flexibility index (Phi) is 6.92. The molecule has 3 rings (SSSR count). The van der Waals surface area contributed by atoms with Crippen LogP contribution in [0.1, 0.15) is 18.4 Å². The summed E-state index contributed by atoms with van der Waals surface area (Å²) in [5, 5.41) is 3.34. The zero-order chi connectivity index (χ0) is 20.9. The average Bonchev–Trinajstić information content (AvgIpc) is 3.29. The minimum atomic E-state index is -1.07. The lowest BCUT2D eigenvalue weighted by molar-refractivity contribution is -0.124. The summed E-state index contributed by atoms with van der Waals surface area (Å²) in [5.74, 6) is 0.252. The van der Waals surface area contributed by atoms with E-state index in [0.29, 0.717) is 6.73 Å². The summed E-state index contributed by atoms with van der Waals surface area (Å²) in [7, 11) is -1.07. The maximum absolute atomic E-state index is 12.9. The van der Waals surface area contributed by atoms with Crippen molar-refractivity contribution in [1.29, 1.82) is 0 Å². The topological polar surface area (TPSA) is 80.0 Å². The fourth-order valence-electron chi connectivity index (χ4n) is 3.89. The first kappa shape index (κ1) is 21.7. The number of carbonyl (C=O) groups is 1. The number of ether oxygens (including phenoxy) is 1. The number of nitrogens with one attached hydrogen (secondary N) is 1. The van der Waals surface area contributed by atoms with Gasteiger partial charge in [-0.05, 0) is 43.1 Å². The number of aliphatic imine (C=N–C) groups is 1. The minimum absolute atomic E-state index is 0.191. The second-order valence-corrected chi connectivity index (χ2v) is 14.9. The molecule has 1 spiro atoms. The third-order valence-corrected chi connectivity index (χ3v) is 7.55. The van der Waals surface area contributed by atoms with Crippen molar-refractivity contribution >= 4 is 31.5 Å². The van der Waals surface area contributed by atoms with Gasteiger partial charge in [0.15, 0.2) is 0 Å². The van der Waals surface area contributed by atoms with Crippen molar-refractivity contribution in [3.63, 3.8) is 0 Å². The summed E-state index contributed by atoms with van der Waals surface area (Å²) in [6, 6.07) is 9.12. The molecule has 1 aromatic carbocycles. The molecule has 2 heterocycles. The van der Waals surface area contributed by atoms with Crippen LogP contribution < -0.4 is 16.0 Å². The highest BCUT2D eigenvalue weighted by molar-refractivity contribution is 6.76. The highest BCUT2D eigenvalue weighted by Gasteiger charge is 2.48. The number of benzene rings is 1. The maximum atomic E-state index is 12.9. The van der Waals surface area contributed by atoms with Gasteiger partial charge in [-0.1, -0.05) is 31.8 Å². The van der Waals surface area contributed by atoms with E-state index >= 15 is 0 Å². The fraction of sp³-hybridized carbons (Fsp3) is 0.545. The van der Waals surface area contributed by atoms with E-state index in [1.54, 1.807) is 12.4 Å². The van der Waals surface area contributed by atoms with Crippen LogP contribution >= 0.6 is 0 Å². The van der Waals surface area contributed by atoms with Crippen LogP contribution in [0.3, 0.4) is 0 Å². The van der Waals surface area contributed by atoms with Crippen molar-refractivity contribution in [2.24, 2.45) is 16.1 Å².